The number of carbonyl (C=O) groups is 1. The molecule has 0 radical (unpaired) electrons. The highest BCUT2D eigenvalue weighted by atomic mass is 32.1. The number of thiophene rings is 1. The molecule has 0 atom stereocenters. The molecule has 0 fully saturated rings. The number of anilines is 2. The maximum absolute atomic E-state index is 12.2. The second-order valence-corrected chi connectivity index (χ2v) is 7.16. The van der Waals surface area contributed by atoms with Crippen LogP contribution in [0.2, 0.25) is 0 Å². The van der Waals surface area contributed by atoms with Crippen molar-refractivity contribution >= 4 is 40.0 Å². The lowest BCUT2D eigenvalue weighted by atomic mass is 10.2. The van der Waals surface area contributed by atoms with E-state index in [0.717, 1.165) is 27.0 Å². The van der Waals surface area contributed by atoms with Crippen molar-refractivity contribution in [1.82, 2.24) is 4.98 Å². The van der Waals surface area contributed by atoms with E-state index in [1.54, 1.807) is 22.7 Å². The Labute approximate surface area is 143 Å². The van der Waals surface area contributed by atoms with E-state index < -0.39 is 0 Å². The van der Waals surface area contributed by atoms with Gasteiger partial charge in [0.25, 0.3) is 0 Å². The number of hydrogen-bond acceptors (Lipinski definition) is 5. The Morgan fingerprint density at radius 1 is 1.13 bits per heavy atom. The number of carbonyl (C=O) groups excluding carboxylic acids is 1. The first-order valence-corrected chi connectivity index (χ1v) is 9.03. The van der Waals surface area contributed by atoms with E-state index in [-0.39, 0.29) is 5.91 Å². The van der Waals surface area contributed by atoms with Crippen LogP contribution >= 0.6 is 22.7 Å². The predicted molar refractivity (Wildman–Crippen MR) is 97.3 cm³/mol. The highest BCUT2D eigenvalue weighted by Gasteiger charge is 2.08. The maximum Gasteiger partial charge on any atom is 0.229 e. The fourth-order valence-electron chi connectivity index (χ4n) is 2.19. The van der Waals surface area contributed by atoms with Gasteiger partial charge in [-0.05, 0) is 30.5 Å². The number of aryl methyl sites for hydroxylation is 1. The fraction of sp³-hybridized carbons (Fsp3) is 0.176. The molecule has 2 N–H and O–H groups in total. The summed E-state index contributed by atoms with van der Waals surface area (Å²) in [5.41, 5.74) is 2.70. The molecule has 1 amide bonds. The molecule has 0 aliphatic heterocycles. The van der Waals surface area contributed by atoms with Crippen LogP contribution in [0.15, 0.2) is 47.2 Å². The summed E-state index contributed by atoms with van der Waals surface area (Å²) >= 11 is 3.23. The molecule has 0 aliphatic rings. The molecule has 1 aromatic carbocycles. The van der Waals surface area contributed by atoms with Crippen LogP contribution in [-0.4, -0.2) is 10.9 Å². The van der Waals surface area contributed by atoms with Gasteiger partial charge in [-0.1, -0.05) is 18.2 Å². The minimum absolute atomic E-state index is 0.00815. The normalized spacial score (nSPS) is 10.5. The Hall–Kier alpha value is -2.18. The second-order valence-electron chi connectivity index (χ2n) is 5.06. The third-order valence-corrected chi connectivity index (χ3v) is 4.94. The molecule has 3 rings (SSSR count). The minimum Gasteiger partial charge on any atom is -0.378 e. The lowest BCUT2D eigenvalue weighted by Crippen LogP contribution is -2.15. The molecule has 0 bridgehead atoms. The molecule has 0 spiro atoms. The molecule has 0 aliphatic carbocycles. The number of nitrogens with one attached hydrogen (secondary N) is 2. The zero-order chi connectivity index (χ0) is 16.1. The van der Waals surface area contributed by atoms with Crippen molar-refractivity contribution in [2.45, 2.75) is 19.9 Å². The third-order valence-electron chi connectivity index (χ3n) is 3.24. The van der Waals surface area contributed by atoms with Crippen molar-refractivity contribution in [1.29, 1.82) is 0 Å². The van der Waals surface area contributed by atoms with Crippen LogP contribution in [0.5, 0.6) is 0 Å². The molecular formula is C17H17N3OS2. The first-order chi connectivity index (χ1) is 11.2. The van der Waals surface area contributed by atoms with Crippen LogP contribution < -0.4 is 10.6 Å². The number of amides is 1. The van der Waals surface area contributed by atoms with E-state index in [4.69, 9.17) is 0 Å². The summed E-state index contributed by atoms with van der Waals surface area (Å²) in [6.45, 7) is 2.63. The van der Waals surface area contributed by atoms with Gasteiger partial charge in [-0.25, -0.2) is 4.98 Å². The van der Waals surface area contributed by atoms with Gasteiger partial charge in [0.15, 0.2) is 0 Å². The maximum atomic E-state index is 12.2. The van der Waals surface area contributed by atoms with Gasteiger partial charge in [-0.15, -0.1) is 22.7 Å². The molecule has 23 heavy (non-hydrogen) atoms. The number of aromatic nitrogens is 1. The van der Waals surface area contributed by atoms with Gasteiger partial charge in [-0.3, -0.25) is 4.79 Å². The number of hydrogen-bond donors (Lipinski definition) is 2. The Morgan fingerprint density at radius 3 is 2.65 bits per heavy atom. The molecule has 0 saturated carbocycles. The molecule has 6 heteroatoms. The monoisotopic (exact) mass is 343 g/mol. The van der Waals surface area contributed by atoms with Crippen LogP contribution in [0.4, 0.5) is 11.4 Å². The highest BCUT2D eigenvalue weighted by Crippen LogP contribution is 2.22. The van der Waals surface area contributed by atoms with E-state index >= 15 is 0 Å². The standard InChI is InChI=1S/C17H17N3OS2/c1-12-19-13(11-23-12)10-18-15-6-2-3-7-16(15)20-17(21)9-14-5-4-8-22-14/h2-8,11,18H,9-10H2,1H3,(H,20,21). The fourth-order valence-corrected chi connectivity index (χ4v) is 3.50. The summed E-state index contributed by atoms with van der Waals surface area (Å²) in [7, 11) is 0. The summed E-state index contributed by atoms with van der Waals surface area (Å²) < 4.78 is 0. The van der Waals surface area contributed by atoms with E-state index in [9.17, 15) is 4.79 Å². The van der Waals surface area contributed by atoms with E-state index in [0.29, 0.717) is 13.0 Å². The largest absolute Gasteiger partial charge is 0.378 e. The summed E-state index contributed by atoms with van der Waals surface area (Å²) in [4.78, 5) is 17.7. The lowest BCUT2D eigenvalue weighted by Gasteiger charge is -2.12. The van der Waals surface area contributed by atoms with Gasteiger partial charge in [0, 0.05) is 10.3 Å². The third kappa shape index (κ3) is 4.40. The van der Waals surface area contributed by atoms with Crippen molar-refractivity contribution < 1.29 is 4.79 Å². The predicted octanol–water partition coefficient (Wildman–Crippen LogP) is 4.31. The van der Waals surface area contributed by atoms with Crippen molar-refractivity contribution in [3.63, 3.8) is 0 Å². The van der Waals surface area contributed by atoms with Gasteiger partial charge < -0.3 is 10.6 Å². The smallest absolute Gasteiger partial charge is 0.229 e. The quantitative estimate of drug-likeness (QED) is 0.701. The van der Waals surface area contributed by atoms with Crippen molar-refractivity contribution in [3.05, 3.63) is 62.7 Å². The summed E-state index contributed by atoms with van der Waals surface area (Å²) in [5.74, 6) is -0.00815. The van der Waals surface area contributed by atoms with Crippen molar-refractivity contribution in [2.75, 3.05) is 10.6 Å². The van der Waals surface area contributed by atoms with Crippen LogP contribution in [-0.2, 0) is 17.8 Å². The van der Waals surface area contributed by atoms with Crippen molar-refractivity contribution in [3.8, 4) is 0 Å². The number of para-hydroxylation sites is 2. The Morgan fingerprint density at radius 2 is 1.96 bits per heavy atom. The minimum atomic E-state index is -0.00815. The zero-order valence-electron chi connectivity index (χ0n) is 12.7. The summed E-state index contributed by atoms with van der Waals surface area (Å²) in [6, 6.07) is 11.7. The molecule has 118 valence electrons. The first-order valence-electron chi connectivity index (χ1n) is 7.27. The molecule has 3 aromatic rings. The first kappa shape index (κ1) is 15.7. The topological polar surface area (TPSA) is 54.0 Å². The van der Waals surface area contributed by atoms with Crippen LogP contribution in [0.3, 0.4) is 0 Å². The van der Waals surface area contributed by atoms with E-state index in [1.807, 2.05) is 54.1 Å². The van der Waals surface area contributed by atoms with E-state index in [2.05, 4.69) is 15.6 Å². The number of rotatable bonds is 6. The van der Waals surface area contributed by atoms with Crippen molar-refractivity contribution in [2.24, 2.45) is 0 Å². The zero-order valence-corrected chi connectivity index (χ0v) is 14.3. The van der Waals surface area contributed by atoms with Gasteiger partial charge in [0.2, 0.25) is 5.91 Å². The van der Waals surface area contributed by atoms with Gasteiger partial charge >= 0.3 is 0 Å². The lowest BCUT2D eigenvalue weighted by molar-refractivity contribution is -0.115. The van der Waals surface area contributed by atoms with Crippen LogP contribution in [0, 0.1) is 6.92 Å². The average molecular weight is 343 g/mol. The Bertz CT molecular complexity index is 781. The number of thiazole rings is 1. The SMILES string of the molecule is Cc1nc(CNc2ccccc2NC(=O)Cc2cccs2)cs1. The molecule has 0 saturated heterocycles. The second kappa shape index (κ2) is 7.39. The van der Waals surface area contributed by atoms with Crippen LogP contribution in [0.25, 0.3) is 0 Å². The Kier molecular flexibility index (Phi) is 5.05. The van der Waals surface area contributed by atoms with Gasteiger partial charge in [0.1, 0.15) is 0 Å². The van der Waals surface area contributed by atoms with E-state index in [1.165, 1.54) is 0 Å². The molecular weight excluding hydrogens is 326 g/mol. The van der Waals surface area contributed by atoms with Gasteiger partial charge in [0.05, 0.1) is 35.0 Å². The molecule has 0 unspecified atom stereocenters. The number of nitrogens with zero attached hydrogens (tertiary/aromatic N) is 1. The Balaban J connectivity index is 1.64. The number of benzene rings is 1. The highest BCUT2D eigenvalue weighted by molar-refractivity contribution is 7.10. The van der Waals surface area contributed by atoms with Gasteiger partial charge in [-0.2, -0.15) is 0 Å². The average Bonchev–Trinajstić information content (AvgIpc) is 3.18. The molecule has 2 heterocycles. The van der Waals surface area contributed by atoms with Crippen LogP contribution in [0.1, 0.15) is 15.6 Å². The molecule has 4 nitrogen and oxygen atoms in total. The summed E-state index contributed by atoms with van der Waals surface area (Å²) in [5, 5.41) is 11.4. The summed E-state index contributed by atoms with van der Waals surface area (Å²) in [6.07, 6.45) is 0.400. The molecule has 2 aromatic heterocycles.